The molecule has 1 heteroatoms. The minimum absolute atomic E-state index is 0.205. The van der Waals surface area contributed by atoms with Crippen LogP contribution in [0.5, 0.6) is 0 Å². The predicted octanol–water partition coefficient (Wildman–Crippen LogP) is 7.61. The lowest BCUT2D eigenvalue weighted by Gasteiger charge is -2.63. The van der Waals surface area contributed by atoms with Crippen molar-refractivity contribution in [3.63, 3.8) is 0 Å². The van der Waals surface area contributed by atoms with Gasteiger partial charge in [0.1, 0.15) is 0 Å². The van der Waals surface area contributed by atoms with E-state index in [0.29, 0.717) is 5.41 Å². The van der Waals surface area contributed by atoms with Crippen LogP contribution in [0.15, 0.2) is 0 Å². The first-order valence-corrected chi connectivity index (χ1v) is 12.9. The zero-order valence-corrected chi connectivity index (χ0v) is 19.6. The standard InChI is InChI=1S/C27H48O/c1-19(2)9-8-10-20(3)22-11-12-23-21-13-18-27(28)16-7-6-15-26(27,5)24(21)14-17-25(22,23)4/h19-24,28H,6-18H2,1-5H3/t20-,21+,22-,23+,24+,25-,26-,27?/m1/s1. The van der Waals surface area contributed by atoms with Crippen molar-refractivity contribution in [2.45, 2.75) is 124 Å². The van der Waals surface area contributed by atoms with Gasteiger partial charge < -0.3 is 5.11 Å². The molecule has 0 spiro atoms. The zero-order valence-electron chi connectivity index (χ0n) is 19.6. The Balaban J connectivity index is 1.49. The molecular formula is C27H48O. The van der Waals surface area contributed by atoms with Crippen molar-refractivity contribution in [2.75, 3.05) is 0 Å². The quantitative estimate of drug-likeness (QED) is 0.513. The van der Waals surface area contributed by atoms with Gasteiger partial charge in [-0.05, 0) is 97.7 Å². The summed E-state index contributed by atoms with van der Waals surface area (Å²) in [5.41, 5.74) is 0.442. The molecular weight excluding hydrogens is 340 g/mol. The fraction of sp³-hybridized carbons (Fsp3) is 1.00. The smallest absolute Gasteiger partial charge is 0.0703 e. The molecule has 28 heavy (non-hydrogen) atoms. The maximum absolute atomic E-state index is 11.6. The highest BCUT2D eigenvalue weighted by molar-refractivity contribution is 5.13. The Morgan fingerprint density at radius 3 is 2.32 bits per heavy atom. The Labute approximate surface area is 175 Å². The number of rotatable bonds is 5. The third kappa shape index (κ3) is 3.21. The van der Waals surface area contributed by atoms with E-state index in [1.54, 1.807) is 0 Å². The molecule has 162 valence electrons. The summed E-state index contributed by atoms with van der Waals surface area (Å²) in [6.45, 7) is 12.5. The molecule has 4 aliphatic carbocycles. The lowest BCUT2D eigenvalue weighted by atomic mass is 9.43. The first-order valence-electron chi connectivity index (χ1n) is 12.9. The summed E-state index contributed by atoms with van der Waals surface area (Å²) < 4.78 is 0. The lowest BCUT2D eigenvalue weighted by Crippen LogP contribution is -2.61. The Bertz CT molecular complexity index is 554. The summed E-state index contributed by atoms with van der Waals surface area (Å²) in [5.74, 6) is 5.33. The van der Waals surface area contributed by atoms with E-state index < -0.39 is 0 Å². The van der Waals surface area contributed by atoms with Gasteiger partial charge in [-0.3, -0.25) is 0 Å². The van der Waals surface area contributed by atoms with E-state index in [1.807, 2.05) is 0 Å². The summed E-state index contributed by atoms with van der Waals surface area (Å²) in [4.78, 5) is 0. The molecule has 0 aromatic heterocycles. The molecule has 0 saturated heterocycles. The highest BCUT2D eigenvalue weighted by Crippen LogP contribution is 2.69. The van der Waals surface area contributed by atoms with Gasteiger partial charge in [0.15, 0.2) is 0 Å². The second-order valence-corrected chi connectivity index (χ2v) is 12.6. The van der Waals surface area contributed by atoms with Crippen LogP contribution in [0.1, 0.15) is 118 Å². The molecule has 4 saturated carbocycles. The fourth-order valence-electron chi connectivity index (χ4n) is 9.28. The average molecular weight is 389 g/mol. The van der Waals surface area contributed by atoms with E-state index in [2.05, 4.69) is 34.6 Å². The van der Waals surface area contributed by atoms with Gasteiger partial charge in [0.2, 0.25) is 0 Å². The number of hydrogen-bond acceptors (Lipinski definition) is 1. The monoisotopic (exact) mass is 388 g/mol. The second kappa shape index (κ2) is 7.58. The molecule has 0 bridgehead atoms. The van der Waals surface area contributed by atoms with Crippen molar-refractivity contribution < 1.29 is 5.11 Å². The molecule has 1 nitrogen and oxygen atoms in total. The Hall–Kier alpha value is -0.0400. The molecule has 4 fully saturated rings. The normalized spacial score (nSPS) is 49.4. The van der Waals surface area contributed by atoms with Gasteiger partial charge >= 0.3 is 0 Å². The molecule has 0 heterocycles. The molecule has 0 aromatic rings. The molecule has 0 aromatic carbocycles. The third-order valence-electron chi connectivity index (χ3n) is 10.9. The van der Waals surface area contributed by atoms with Crippen molar-refractivity contribution in [1.82, 2.24) is 0 Å². The highest BCUT2D eigenvalue weighted by Gasteiger charge is 2.63. The van der Waals surface area contributed by atoms with Crippen LogP contribution in [0.3, 0.4) is 0 Å². The first-order chi connectivity index (χ1) is 13.2. The summed E-state index contributed by atoms with van der Waals surface area (Å²) in [6.07, 6.45) is 17.4. The number of fused-ring (bicyclic) bond motifs is 5. The van der Waals surface area contributed by atoms with Crippen molar-refractivity contribution in [3.05, 3.63) is 0 Å². The van der Waals surface area contributed by atoms with Gasteiger partial charge in [-0.15, -0.1) is 0 Å². The number of aliphatic hydroxyl groups is 1. The van der Waals surface area contributed by atoms with E-state index >= 15 is 0 Å². The van der Waals surface area contributed by atoms with Crippen LogP contribution in [-0.2, 0) is 0 Å². The Kier molecular flexibility index (Phi) is 5.74. The number of hydrogen-bond donors (Lipinski definition) is 1. The highest BCUT2D eigenvalue weighted by atomic mass is 16.3. The molecule has 1 unspecified atom stereocenters. The summed E-state index contributed by atoms with van der Waals surface area (Å²) >= 11 is 0. The van der Waals surface area contributed by atoms with Crippen molar-refractivity contribution in [2.24, 2.45) is 46.3 Å². The van der Waals surface area contributed by atoms with Crippen LogP contribution in [0.25, 0.3) is 0 Å². The van der Waals surface area contributed by atoms with Crippen LogP contribution in [0.2, 0.25) is 0 Å². The molecule has 0 aliphatic heterocycles. The summed E-state index contributed by atoms with van der Waals surface area (Å²) in [5, 5.41) is 11.6. The molecule has 4 rings (SSSR count). The third-order valence-corrected chi connectivity index (χ3v) is 10.9. The average Bonchev–Trinajstić information content (AvgIpc) is 2.99. The van der Waals surface area contributed by atoms with Crippen LogP contribution >= 0.6 is 0 Å². The topological polar surface area (TPSA) is 20.2 Å². The SMILES string of the molecule is CC(C)CCC[C@@H](C)[C@H]1CC[C@H]2[C@@H]3CCC4(O)CCCC[C@]4(C)[C@H]3CC[C@]12C. The summed E-state index contributed by atoms with van der Waals surface area (Å²) in [7, 11) is 0. The summed E-state index contributed by atoms with van der Waals surface area (Å²) in [6, 6.07) is 0. The van der Waals surface area contributed by atoms with Gasteiger partial charge in [0.05, 0.1) is 5.60 Å². The van der Waals surface area contributed by atoms with Crippen molar-refractivity contribution >= 4 is 0 Å². The van der Waals surface area contributed by atoms with Crippen LogP contribution in [-0.4, -0.2) is 10.7 Å². The van der Waals surface area contributed by atoms with Crippen LogP contribution in [0.4, 0.5) is 0 Å². The van der Waals surface area contributed by atoms with Gasteiger partial charge in [0.25, 0.3) is 0 Å². The maximum atomic E-state index is 11.6. The fourth-order valence-corrected chi connectivity index (χ4v) is 9.28. The van der Waals surface area contributed by atoms with Gasteiger partial charge in [-0.2, -0.15) is 0 Å². The Morgan fingerprint density at radius 1 is 0.821 bits per heavy atom. The molecule has 8 atom stereocenters. The molecule has 4 aliphatic rings. The minimum Gasteiger partial charge on any atom is -0.389 e. The van der Waals surface area contributed by atoms with Gasteiger partial charge in [-0.1, -0.05) is 66.7 Å². The van der Waals surface area contributed by atoms with E-state index in [4.69, 9.17) is 0 Å². The first kappa shape index (κ1) is 21.2. The van der Waals surface area contributed by atoms with Crippen LogP contribution in [0, 0.1) is 46.3 Å². The minimum atomic E-state index is -0.345. The van der Waals surface area contributed by atoms with E-state index in [0.717, 1.165) is 48.3 Å². The Morgan fingerprint density at radius 2 is 1.57 bits per heavy atom. The zero-order chi connectivity index (χ0) is 20.2. The van der Waals surface area contributed by atoms with Gasteiger partial charge in [0, 0.05) is 0 Å². The van der Waals surface area contributed by atoms with Crippen LogP contribution < -0.4 is 0 Å². The predicted molar refractivity (Wildman–Crippen MR) is 119 cm³/mol. The van der Waals surface area contributed by atoms with Gasteiger partial charge in [-0.25, -0.2) is 0 Å². The molecule has 0 amide bonds. The second-order valence-electron chi connectivity index (χ2n) is 12.6. The van der Waals surface area contributed by atoms with Crippen molar-refractivity contribution in [1.29, 1.82) is 0 Å². The van der Waals surface area contributed by atoms with E-state index in [9.17, 15) is 5.11 Å². The van der Waals surface area contributed by atoms with E-state index in [-0.39, 0.29) is 11.0 Å². The van der Waals surface area contributed by atoms with E-state index in [1.165, 1.54) is 70.6 Å². The lowest BCUT2D eigenvalue weighted by molar-refractivity contribution is -0.205. The molecule has 0 radical (unpaired) electrons. The largest absolute Gasteiger partial charge is 0.389 e. The van der Waals surface area contributed by atoms with Crippen molar-refractivity contribution in [3.8, 4) is 0 Å². The molecule has 1 N–H and O–H groups in total. The maximum Gasteiger partial charge on any atom is 0.0703 e.